The first-order chi connectivity index (χ1) is 10.3. The monoisotopic (exact) mass is 333 g/mol. The van der Waals surface area contributed by atoms with Crippen LogP contribution < -0.4 is 0 Å². The second-order valence-corrected chi connectivity index (χ2v) is 5.49. The molecule has 22 heavy (non-hydrogen) atoms. The molecule has 1 aromatic rings. The molecule has 3 nitrogen and oxygen atoms in total. The molecule has 0 aromatic heterocycles. The van der Waals surface area contributed by atoms with Crippen LogP contribution >= 0.6 is 11.6 Å². The zero-order chi connectivity index (χ0) is 16.3. The van der Waals surface area contributed by atoms with Gasteiger partial charge in [0.05, 0.1) is 12.2 Å². The van der Waals surface area contributed by atoms with Gasteiger partial charge in [-0.1, -0.05) is 23.7 Å². The van der Waals surface area contributed by atoms with E-state index in [0.717, 1.165) is 12.8 Å². The highest BCUT2D eigenvalue weighted by Gasteiger charge is 2.37. The molecule has 1 amide bonds. The van der Waals surface area contributed by atoms with E-state index < -0.39 is 17.7 Å². The Kier molecular flexibility index (Phi) is 5.13. The molecule has 0 bridgehead atoms. The lowest BCUT2D eigenvalue weighted by molar-refractivity contribution is -0.127. The topological polar surface area (TPSA) is 40.5 Å². The Morgan fingerprint density at radius 1 is 1.32 bits per heavy atom. The summed E-state index contributed by atoms with van der Waals surface area (Å²) in [7, 11) is 0. The smallest absolute Gasteiger partial charge is 0.395 e. The first kappa shape index (κ1) is 16.8. The number of halogens is 4. The van der Waals surface area contributed by atoms with E-state index in [1.165, 1.54) is 29.2 Å². The number of allylic oxidation sites excluding steroid dienone is 1. The third-order valence-electron chi connectivity index (χ3n) is 3.34. The van der Waals surface area contributed by atoms with E-state index in [1.54, 1.807) is 0 Å². The molecule has 1 aromatic carbocycles. The van der Waals surface area contributed by atoms with Crippen molar-refractivity contribution in [1.29, 1.82) is 0 Å². The number of carbonyl (C=O) groups is 1. The van der Waals surface area contributed by atoms with Gasteiger partial charge in [0.15, 0.2) is 0 Å². The molecule has 0 heterocycles. The summed E-state index contributed by atoms with van der Waals surface area (Å²) in [6.45, 7) is -0.246. The van der Waals surface area contributed by atoms with Gasteiger partial charge in [-0.25, -0.2) is 0 Å². The number of nitrogens with zero attached hydrogens (tertiary/aromatic N) is 1. The highest BCUT2D eigenvalue weighted by molar-refractivity contribution is 6.30. The van der Waals surface area contributed by atoms with E-state index in [-0.39, 0.29) is 24.8 Å². The van der Waals surface area contributed by atoms with Crippen molar-refractivity contribution < 1.29 is 23.1 Å². The Morgan fingerprint density at radius 2 is 1.91 bits per heavy atom. The van der Waals surface area contributed by atoms with Gasteiger partial charge in [0, 0.05) is 23.7 Å². The van der Waals surface area contributed by atoms with Gasteiger partial charge < -0.3 is 10.0 Å². The van der Waals surface area contributed by atoms with Crippen LogP contribution in [-0.4, -0.2) is 41.3 Å². The van der Waals surface area contributed by atoms with Crippen LogP contribution in [0.15, 0.2) is 30.3 Å². The SMILES string of the molecule is O=C(/C=C(/c1ccc(Cl)cc1)C(F)(F)F)N(CCO)C1CC1. The second kappa shape index (κ2) is 6.71. The maximum Gasteiger partial charge on any atom is 0.417 e. The van der Waals surface area contributed by atoms with Gasteiger partial charge in [0.25, 0.3) is 0 Å². The molecule has 1 fully saturated rings. The summed E-state index contributed by atoms with van der Waals surface area (Å²) in [5, 5.41) is 9.27. The van der Waals surface area contributed by atoms with Crippen molar-refractivity contribution in [2.75, 3.05) is 13.2 Å². The third-order valence-corrected chi connectivity index (χ3v) is 3.59. The molecule has 0 aliphatic heterocycles. The molecule has 7 heteroatoms. The quantitative estimate of drug-likeness (QED) is 0.840. The predicted octanol–water partition coefficient (Wildman–Crippen LogP) is 3.27. The lowest BCUT2D eigenvalue weighted by atomic mass is 10.0. The van der Waals surface area contributed by atoms with E-state index in [4.69, 9.17) is 16.7 Å². The van der Waals surface area contributed by atoms with E-state index in [0.29, 0.717) is 11.1 Å². The molecule has 1 aliphatic carbocycles. The Balaban J connectivity index is 2.32. The zero-order valence-electron chi connectivity index (χ0n) is 11.6. The van der Waals surface area contributed by atoms with Gasteiger partial charge >= 0.3 is 6.18 Å². The summed E-state index contributed by atoms with van der Waals surface area (Å²) >= 11 is 5.67. The molecule has 1 aliphatic rings. The minimum absolute atomic E-state index is 0.0335. The molecule has 0 radical (unpaired) electrons. The van der Waals surface area contributed by atoms with Crippen molar-refractivity contribution in [2.45, 2.75) is 25.1 Å². The molecular formula is C15H15ClF3NO2. The first-order valence-electron chi connectivity index (χ1n) is 6.79. The number of hydrogen-bond donors (Lipinski definition) is 1. The molecular weight excluding hydrogens is 319 g/mol. The summed E-state index contributed by atoms with van der Waals surface area (Å²) < 4.78 is 39.6. The van der Waals surface area contributed by atoms with Crippen molar-refractivity contribution >= 4 is 23.1 Å². The van der Waals surface area contributed by atoms with Crippen LogP contribution in [0.3, 0.4) is 0 Å². The number of carbonyl (C=O) groups excluding carboxylic acids is 1. The second-order valence-electron chi connectivity index (χ2n) is 5.05. The molecule has 0 unspecified atom stereocenters. The fourth-order valence-electron chi connectivity index (χ4n) is 2.13. The number of aliphatic hydroxyl groups is 1. The van der Waals surface area contributed by atoms with Gasteiger partial charge in [-0.15, -0.1) is 0 Å². The number of benzene rings is 1. The van der Waals surface area contributed by atoms with Gasteiger partial charge in [0.1, 0.15) is 0 Å². The van der Waals surface area contributed by atoms with Gasteiger partial charge in [-0.2, -0.15) is 13.2 Å². The Hall–Kier alpha value is -1.53. The standard InChI is InChI=1S/C15H15ClF3NO2/c16-11-3-1-10(2-4-11)13(15(17,18)19)9-14(22)20(7-8-21)12-5-6-12/h1-4,9,12,21H,5-8H2/b13-9-. The minimum Gasteiger partial charge on any atom is -0.395 e. The lowest BCUT2D eigenvalue weighted by Gasteiger charge is -2.21. The van der Waals surface area contributed by atoms with E-state index >= 15 is 0 Å². The Morgan fingerprint density at radius 3 is 2.36 bits per heavy atom. The minimum atomic E-state index is -4.65. The average molecular weight is 334 g/mol. The van der Waals surface area contributed by atoms with Crippen LogP contribution in [0.25, 0.3) is 5.57 Å². The van der Waals surface area contributed by atoms with Gasteiger partial charge in [-0.3, -0.25) is 4.79 Å². The maximum absolute atomic E-state index is 13.2. The summed E-state index contributed by atoms with van der Waals surface area (Å²) in [6.07, 6.45) is -2.56. The lowest BCUT2D eigenvalue weighted by Crippen LogP contribution is -2.34. The van der Waals surface area contributed by atoms with Crippen molar-refractivity contribution in [3.05, 3.63) is 40.9 Å². The highest BCUT2D eigenvalue weighted by atomic mass is 35.5. The van der Waals surface area contributed by atoms with Gasteiger partial charge in [-0.05, 0) is 30.5 Å². The van der Waals surface area contributed by atoms with Crippen molar-refractivity contribution in [3.8, 4) is 0 Å². The van der Waals surface area contributed by atoms with Crippen LogP contribution in [0, 0.1) is 0 Å². The van der Waals surface area contributed by atoms with Crippen molar-refractivity contribution in [1.82, 2.24) is 4.90 Å². The summed E-state index contributed by atoms with van der Waals surface area (Å²) in [4.78, 5) is 13.4. The molecule has 0 atom stereocenters. The molecule has 120 valence electrons. The number of alkyl halides is 3. The first-order valence-corrected chi connectivity index (χ1v) is 7.17. The number of hydrogen-bond acceptors (Lipinski definition) is 2. The van der Waals surface area contributed by atoms with Crippen LogP contribution in [-0.2, 0) is 4.79 Å². The Labute approximate surface area is 131 Å². The predicted molar refractivity (Wildman–Crippen MR) is 77.3 cm³/mol. The largest absolute Gasteiger partial charge is 0.417 e. The highest BCUT2D eigenvalue weighted by Crippen LogP contribution is 2.35. The number of aliphatic hydroxyl groups excluding tert-OH is 1. The summed E-state index contributed by atoms with van der Waals surface area (Å²) in [5.41, 5.74) is -1.14. The fraction of sp³-hybridized carbons (Fsp3) is 0.400. The number of rotatable bonds is 5. The molecule has 1 saturated carbocycles. The van der Waals surface area contributed by atoms with Crippen LogP contribution in [0.5, 0.6) is 0 Å². The van der Waals surface area contributed by atoms with Gasteiger partial charge in [0.2, 0.25) is 5.91 Å². The van der Waals surface area contributed by atoms with E-state index in [2.05, 4.69) is 0 Å². The zero-order valence-corrected chi connectivity index (χ0v) is 12.4. The molecule has 0 spiro atoms. The van der Waals surface area contributed by atoms with Crippen LogP contribution in [0.1, 0.15) is 18.4 Å². The number of amides is 1. The normalized spacial score (nSPS) is 15.8. The Bertz CT molecular complexity index is 565. The summed E-state index contributed by atoms with van der Waals surface area (Å²) in [5.74, 6) is -0.737. The van der Waals surface area contributed by atoms with E-state index in [9.17, 15) is 18.0 Å². The molecule has 0 saturated heterocycles. The molecule has 2 rings (SSSR count). The summed E-state index contributed by atoms with van der Waals surface area (Å²) in [6, 6.07) is 5.06. The van der Waals surface area contributed by atoms with Crippen LogP contribution in [0.2, 0.25) is 5.02 Å². The van der Waals surface area contributed by atoms with Crippen molar-refractivity contribution in [3.63, 3.8) is 0 Å². The maximum atomic E-state index is 13.2. The third kappa shape index (κ3) is 4.24. The average Bonchev–Trinajstić information content (AvgIpc) is 3.26. The van der Waals surface area contributed by atoms with Crippen LogP contribution in [0.4, 0.5) is 13.2 Å². The fourth-order valence-corrected chi connectivity index (χ4v) is 2.26. The van der Waals surface area contributed by atoms with Crippen molar-refractivity contribution in [2.24, 2.45) is 0 Å². The molecule has 1 N–H and O–H groups in total. The van der Waals surface area contributed by atoms with E-state index in [1.807, 2.05) is 0 Å².